The predicted octanol–water partition coefficient (Wildman–Crippen LogP) is 1.15. The van der Waals surface area contributed by atoms with Crippen molar-refractivity contribution in [1.82, 2.24) is 9.97 Å². The van der Waals surface area contributed by atoms with Crippen LogP contribution < -0.4 is 4.90 Å². The summed E-state index contributed by atoms with van der Waals surface area (Å²) in [5.41, 5.74) is -0.01000. The van der Waals surface area contributed by atoms with Gasteiger partial charge in [0.1, 0.15) is 18.9 Å². The van der Waals surface area contributed by atoms with E-state index in [-0.39, 0.29) is 30.4 Å². The lowest BCUT2D eigenvalue weighted by atomic mass is 10.2. The maximum Gasteiger partial charge on any atom is 0.356 e. The van der Waals surface area contributed by atoms with E-state index in [1.807, 2.05) is 26.0 Å². The summed E-state index contributed by atoms with van der Waals surface area (Å²) in [6.07, 6.45) is 1.35. The zero-order valence-corrected chi connectivity index (χ0v) is 10.7. The second-order valence-corrected chi connectivity index (χ2v) is 4.09. The monoisotopic (exact) mass is 259 g/mol. The third-order valence-corrected chi connectivity index (χ3v) is 2.37. The Morgan fingerprint density at radius 3 is 2.42 bits per heavy atom. The number of carboxylic acids is 1. The molecule has 0 aliphatic rings. The van der Waals surface area contributed by atoms with Gasteiger partial charge < -0.3 is 10.0 Å². The highest BCUT2D eigenvalue weighted by atomic mass is 16.4. The molecule has 0 unspecified atom stereocenters. The van der Waals surface area contributed by atoms with Crippen molar-refractivity contribution >= 4 is 11.7 Å². The quantitative estimate of drug-likeness (QED) is 0.789. The molecule has 0 spiro atoms. The van der Waals surface area contributed by atoms with Crippen molar-refractivity contribution < 1.29 is 9.90 Å². The van der Waals surface area contributed by atoms with Crippen LogP contribution in [-0.4, -0.2) is 34.1 Å². The first kappa shape index (κ1) is 14.4. The highest BCUT2D eigenvalue weighted by molar-refractivity contribution is 5.92. The minimum absolute atomic E-state index is 0.00691. The van der Waals surface area contributed by atoms with Crippen LogP contribution in [0, 0.1) is 22.7 Å². The number of carbonyl (C=O) groups is 1. The van der Waals surface area contributed by atoms with E-state index in [1.54, 1.807) is 0 Å². The van der Waals surface area contributed by atoms with Crippen molar-refractivity contribution in [3.8, 4) is 12.1 Å². The first-order valence-corrected chi connectivity index (χ1v) is 5.60. The number of nitrogens with zero attached hydrogens (tertiary/aromatic N) is 5. The van der Waals surface area contributed by atoms with E-state index in [9.17, 15) is 9.90 Å². The lowest BCUT2D eigenvalue weighted by Crippen LogP contribution is -2.27. The second kappa shape index (κ2) is 6.31. The molecule has 0 aliphatic carbocycles. The zero-order chi connectivity index (χ0) is 14.4. The summed E-state index contributed by atoms with van der Waals surface area (Å²) in [5, 5.41) is 26.6. The fourth-order valence-electron chi connectivity index (χ4n) is 1.45. The van der Waals surface area contributed by atoms with Crippen molar-refractivity contribution in [2.75, 3.05) is 18.0 Å². The molecule has 1 rings (SSSR count). The van der Waals surface area contributed by atoms with Crippen LogP contribution in [-0.2, 0) is 0 Å². The van der Waals surface area contributed by atoms with E-state index in [1.165, 1.54) is 11.1 Å². The first-order chi connectivity index (χ1) is 9.01. The van der Waals surface area contributed by atoms with E-state index in [0.717, 1.165) is 0 Å². The molecule has 7 heteroatoms. The van der Waals surface area contributed by atoms with Crippen LogP contribution in [0.1, 0.15) is 36.1 Å². The number of carboxylic acid groups (broad SMARTS) is 1. The Hall–Kier alpha value is -2.67. The molecule has 0 bridgehead atoms. The molecule has 1 aromatic heterocycles. The van der Waals surface area contributed by atoms with Crippen molar-refractivity contribution in [2.45, 2.75) is 19.8 Å². The third kappa shape index (κ3) is 3.39. The maximum absolute atomic E-state index is 11.2. The zero-order valence-electron chi connectivity index (χ0n) is 10.7. The molecule has 1 heterocycles. The van der Waals surface area contributed by atoms with Gasteiger partial charge in [0.25, 0.3) is 0 Å². The first-order valence-electron chi connectivity index (χ1n) is 5.60. The average Bonchev–Trinajstić information content (AvgIpc) is 2.37. The van der Waals surface area contributed by atoms with Crippen LogP contribution in [0.2, 0.25) is 0 Å². The molecule has 98 valence electrons. The molecule has 0 radical (unpaired) electrons. The van der Waals surface area contributed by atoms with Gasteiger partial charge >= 0.3 is 5.97 Å². The lowest BCUT2D eigenvalue weighted by molar-refractivity contribution is 0.0690. The predicted molar refractivity (Wildman–Crippen MR) is 66.5 cm³/mol. The van der Waals surface area contributed by atoms with Crippen LogP contribution in [0.4, 0.5) is 5.69 Å². The minimum atomic E-state index is -1.21. The van der Waals surface area contributed by atoms with Crippen LogP contribution in [0.5, 0.6) is 0 Å². The number of hydrogen-bond donors (Lipinski definition) is 1. The number of nitriles is 2. The maximum atomic E-state index is 11.2. The number of hydrogen-bond acceptors (Lipinski definition) is 6. The molecule has 0 amide bonds. The smallest absolute Gasteiger partial charge is 0.356 e. The third-order valence-electron chi connectivity index (χ3n) is 2.37. The molecular weight excluding hydrogens is 246 g/mol. The molecule has 0 saturated carbocycles. The van der Waals surface area contributed by atoms with E-state index in [4.69, 9.17) is 10.5 Å². The largest absolute Gasteiger partial charge is 0.476 e. The molecule has 0 aliphatic heterocycles. The Morgan fingerprint density at radius 1 is 1.42 bits per heavy atom. The van der Waals surface area contributed by atoms with Crippen LogP contribution >= 0.6 is 0 Å². The molecule has 0 saturated heterocycles. The lowest BCUT2D eigenvalue weighted by Gasteiger charge is -2.19. The summed E-state index contributed by atoms with van der Waals surface area (Å²) >= 11 is 0. The van der Waals surface area contributed by atoms with Crippen molar-refractivity contribution in [3.05, 3.63) is 17.7 Å². The van der Waals surface area contributed by atoms with Crippen molar-refractivity contribution in [2.24, 2.45) is 0 Å². The van der Waals surface area contributed by atoms with E-state index in [0.29, 0.717) is 5.82 Å². The SMILES string of the molecule is CC(C)c1ncc(N(CC#N)CC#N)c(C(=O)O)n1. The Kier molecular flexibility index (Phi) is 4.78. The molecular formula is C12H13N5O2. The fourth-order valence-corrected chi connectivity index (χ4v) is 1.45. The van der Waals surface area contributed by atoms with Gasteiger partial charge in [-0.05, 0) is 0 Å². The summed E-state index contributed by atoms with van der Waals surface area (Å²) in [6, 6.07) is 3.76. The van der Waals surface area contributed by atoms with Gasteiger partial charge in [-0.1, -0.05) is 13.8 Å². The van der Waals surface area contributed by atoms with E-state index >= 15 is 0 Å². The standard InChI is InChI=1S/C12H13N5O2/c1-8(2)11-15-7-9(10(16-11)12(18)19)17(5-3-13)6-4-14/h7-8H,5-6H2,1-2H3,(H,18,19). The normalized spacial score (nSPS) is 9.74. The van der Waals surface area contributed by atoms with Gasteiger partial charge in [-0.15, -0.1) is 0 Å². The van der Waals surface area contributed by atoms with Crippen molar-refractivity contribution in [3.63, 3.8) is 0 Å². The molecule has 0 fully saturated rings. The highest BCUT2D eigenvalue weighted by Crippen LogP contribution is 2.20. The van der Waals surface area contributed by atoms with Gasteiger partial charge in [-0.25, -0.2) is 14.8 Å². The van der Waals surface area contributed by atoms with Gasteiger partial charge in [0.15, 0.2) is 5.69 Å². The fraction of sp³-hybridized carbons (Fsp3) is 0.417. The van der Waals surface area contributed by atoms with Gasteiger partial charge in [0.2, 0.25) is 0 Å². The topological polar surface area (TPSA) is 114 Å². The van der Waals surface area contributed by atoms with Gasteiger partial charge in [-0.3, -0.25) is 0 Å². The second-order valence-electron chi connectivity index (χ2n) is 4.09. The van der Waals surface area contributed by atoms with Gasteiger partial charge in [0.05, 0.1) is 24.0 Å². The molecule has 7 nitrogen and oxygen atoms in total. The van der Waals surface area contributed by atoms with Gasteiger partial charge in [0, 0.05) is 5.92 Å². The number of rotatable bonds is 5. The number of aromatic nitrogens is 2. The van der Waals surface area contributed by atoms with E-state index in [2.05, 4.69) is 9.97 Å². The van der Waals surface area contributed by atoms with Crippen LogP contribution in [0.25, 0.3) is 0 Å². The molecule has 1 aromatic rings. The molecule has 0 aromatic carbocycles. The number of aromatic carboxylic acids is 1. The van der Waals surface area contributed by atoms with Crippen LogP contribution in [0.15, 0.2) is 6.20 Å². The summed E-state index contributed by atoms with van der Waals surface area (Å²) in [4.78, 5) is 20.6. The Bertz CT molecular complexity index is 540. The Balaban J connectivity index is 3.30. The number of anilines is 1. The van der Waals surface area contributed by atoms with E-state index < -0.39 is 5.97 Å². The van der Waals surface area contributed by atoms with Crippen molar-refractivity contribution in [1.29, 1.82) is 10.5 Å². The van der Waals surface area contributed by atoms with Crippen LogP contribution in [0.3, 0.4) is 0 Å². The summed E-state index contributed by atoms with van der Waals surface area (Å²) in [6.45, 7) is 3.50. The minimum Gasteiger partial charge on any atom is -0.476 e. The summed E-state index contributed by atoms with van der Waals surface area (Å²) in [5.74, 6) is -0.803. The average molecular weight is 259 g/mol. The Morgan fingerprint density at radius 2 is 2.00 bits per heavy atom. The summed E-state index contributed by atoms with van der Waals surface area (Å²) < 4.78 is 0. The van der Waals surface area contributed by atoms with Gasteiger partial charge in [-0.2, -0.15) is 10.5 Å². The molecule has 19 heavy (non-hydrogen) atoms. The highest BCUT2D eigenvalue weighted by Gasteiger charge is 2.20. The Labute approximate surface area is 110 Å². The molecule has 0 atom stereocenters. The summed E-state index contributed by atoms with van der Waals surface area (Å²) in [7, 11) is 0. The molecule has 1 N–H and O–H groups in total.